The number of carboxylic acid groups (broad SMARTS) is 1. The highest BCUT2D eigenvalue weighted by Gasteiger charge is 2.46. The average molecular weight is 513 g/mol. The number of nitrogens with zero attached hydrogens (tertiary/aromatic N) is 1. The number of amides is 2. The minimum atomic E-state index is -1.26. The van der Waals surface area contributed by atoms with Gasteiger partial charge in [-0.1, -0.05) is 30.3 Å². The summed E-state index contributed by atoms with van der Waals surface area (Å²) in [4.78, 5) is 39.3. The highest BCUT2D eigenvalue weighted by atomic mass is 16.5. The Balaban J connectivity index is 1.90. The van der Waals surface area contributed by atoms with Crippen molar-refractivity contribution in [3.05, 3.63) is 58.7 Å². The number of hydrogen-bond acceptors (Lipinski definition) is 6. The molecule has 2 aromatic rings. The zero-order chi connectivity index (χ0) is 27.2. The fourth-order valence-electron chi connectivity index (χ4n) is 4.70. The van der Waals surface area contributed by atoms with Gasteiger partial charge in [-0.3, -0.25) is 4.79 Å². The van der Waals surface area contributed by atoms with E-state index in [4.69, 9.17) is 14.2 Å². The number of nitrogens with one attached hydrogen (secondary N) is 1. The van der Waals surface area contributed by atoms with Crippen LogP contribution in [0.25, 0.3) is 0 Å². The van der Waals surface area contributed by atoms with Gasteiger partial charge in [-0.15, -0.1) is 0 Å². The van der Waals surface area contributed by atoms with Crippen molar-refractivity contribution in [1.29, 1.82) is 0 Å². The average Bonchev–Trinajstić information content (AvgIpc) is 2.85. The Labute approximate surface area is 217 Å². The number of rotatable bonds is 12. The lowest BCUT2D eigenvalue weighted by Gasteiger charge is -2.41. The van der Waals surface area contributed by atoms with E-state index in [1.165, 1.54) is 21.1 Å². The maximum Gasteiger partial charge on any atom is 0.329 e. The molecular weight excluding hydrogens is 476 g/mol. The van der Waals surface area contributed by atoms with Gasteiger partial charge in [-0.2, -0.15) is 0 Å². The summed E-state index contributed by atoms with van der Waals surface area (Å²) in [5.41, 5.74) is 1.49. The first-order chi connectivity index (χ1) is 17.6. The number of carbonyl (C=O) groups is 3. The summed E-state index contributed by atoms with van der Waals surface area (Å²) in [6, 6.07) is 10.4. The smallest absolute Gasteiger partial charge is 0.329 e. The van der Waals surface area contributed by atoms with Gasteiger partial charge in [-0.05, 0) is 62.8 Å². The number of hydrogen-bond donors (Lipinski definition) is 2. The highest BCUT2D eigenvalue weighted by Crippen LogP contribution is 2.39. The Kier molecular flexibility index (Phi) is 9.15. The first kappa shape index (κ1) is 28.0. The van der Waals surface area contributed by atoms with Crippen molar-refractivity contribution in [2.75, 3.05) is 27.4 Å². The molecule has 9 nitrogen and oxygen atoms in total. The number of Topliss-reactive ketones (excluding diaryl/α,β-unsaturated/α-hetero) is 1. The molecular formula is C28H36N2O7. The minimum Gasteiger partial charge on any atom is -0.496 e. The van der Waals surface area contributed by atoms with Crippen LogP contribution in [0, 0.1) is 6.92 Å². The van der Waals surface area contributed by atoms with E-state index in [9.17, 15) is 19.5 Å². The van der Waals surface area contributed by atoms with E-state index in [1.54, 1.807) is 11.0 Å². The fourth-order valence-corrected chi connectivity index (χ4v) is 4.70. The summed E-state index contributed by atoms with van der Waals surface area (Å²) in [6.45, 7) is 5.96. The quantitative estimate of drug-likeness (QED) is 0.318. The van der Waals surface area contributed by atoms with Crippen LogP contribution in [0.1, 0.15) is 66.2 Å². The molecule has 2 amide bonds. The topological polar surface area (TPSA) is 114 Å². The lowest BCUT2D eigenvalue weighted by Crippen LogP contribution is -2.62. The van der Waals surface area contributed by atoms with Gasteiger partial charge in [0, 0.05) is 6.54 Å². The van der Waals surface area contributed by atoms with Gasteiger partial charge in [-0.25, -0.2) is 9.59 Å². The normalized spacial score (nSPS) is 14.7. The Hall–Kier alpha value is -3.59. The molecule has 9 heteroatoms. The van der Waals surface area contributed by atoms with E-state index in [2.05, 4.69) is 5.32 Å². The number of aliphatic carboxylic acids is 1. The van der Waals surface area contributed by atoms with Crippen LogP contribution in [-0.2, 0) is 16.1 Å². The van der Waals surface area contributed by atoms with E-state index < -0.39 is 23.6 Å². The van der Waals surface area contributed by atoms with Crippen molar-refractivity contribution in [1.82, 2.24) is 10.2 Å². The summed E-state index contributed by atoms with van der Waals surface area (Å²) >= 11 is 0. The Morgan fingerprint density at radius 1 is 1.14 bits per heavy atom. The Bertz CT molecular complexity index is 1130. The molecule has 1 atom stereocenters. The molecule has 1 fully saturated rings. The molecule has 200 valence electrons. The molecule has 1 unspecified atom stereocenters. The molecule has 0 radical (unpaired) electrons. The van der Waals surface area contributed by atoms with Crippen LogP contribution in [0.4, 0.5) is 4.79 Å². The van der Waals surface area contributed by atoms with Gasteiger partial charge in [0.1, 0.15) is 22.6 Å². The van der Waals surface area contributed by atoms with E-state index in [-0.39, 0.29) is 18.9 Å². The van der Waals surface area contributed by atoms with Crippen molar-refractivity contribution in [3.63, 3.8) is 0 Å². The van der Waals surface area contributed by atoms with Crippen molar-refractivity contribution in [3.8, 4) is 11.5 Å². The van der Waals surface area contributed by atoms with Crippen LogP contribution in [0.2, 0.25) is 0 Å². The van der Waals surface area contributed by atoms with Crippen LogP contribution in [0.3, 0.4) is 0 Å². The summed E-state index contributed by atoms with van der Waals surface area (Å²) in [5, 5.41) is 12.5. The number of urea groups is 1. The standard InChI is InChI=1S/C28H36N2O7/c1-18-22(16-23(35-4)24(20(3)31)25(18)36-5)19(2)30(14-15-37-17-21-10-7-6-8-11-21)27(34)29-28(26(32)33)12-9-13-28/h6-8,10-11,16,19H,9,12-15,17H2,1-5H3,(H,29,34)(H,32,33). The fraction of sp³-hybridized carbons (Fsp3) is 0.464. The summed E-state index contributed by atoms with van der Waals surface area (Å²) in [5.74, 6) is -0.507. The monoisotopic (exact) mass is 512 g/mol. The molecule has 0 spiro atoms. The van der Waals surface area contributed by atoms with Crippen LogP contribution in [0.15, 0.2) is 36.4 Å². The van der Waals surface area contributed by atoms with Crippen molar-refractivity contribution in [2.45, 2.75) is 58.2 Å². The number of ketones is 1. The summed E-state index contributed by atoms with van der Waals surface area (Å²) in [6.07, 6.45) is 1.51. The van der Waals surface area contributed by atoms with Crippen molar-refractivity contribution >= 4 is 17.8 Å². The molecule has 1 aliphatic rings. The van der Waals surface area contributed by atoms with E-state index in [0.29, 0.717) is 42.1 Å². The molecule has 2 N–H and O–H groups in total. The molecule has 0 aliphatic heterocycles. The van der Waals surface area contributed by atoms with E-state index in [1.807, 2.05) is 44.2 Å². The van der Waals surface area contributed by atoms with Crippen LogP contribution in [0.5, 0.6) is 11.5 Å². The first-order valence-corrected chi connectivity index (χ1v) is 12.4. The molecule has 1 saturated carbocycles. The second-order valence-corrected chi connectivity index (χ2v) is 9.34. The third kappa shape index (κ3) is 6.05. The van der Waals surface area contributed by atoms with Crippen molar-refractivity contribution < 1.29 is 33.7 Å². The van der Waals surface area contributed by atoms with Crippen LogP contribution >= 0.6 is 0 Å². The third-order valence-corrected chi connectivity index (χ3v) is 7.04. The zero-order valence-electron chi connectivity index (χ0n) is 22.1. The number of methoxy groups -OCH3 is 2. The Morgan fingerprint density at radius 2 is 1.81 bits per heavy atom. The van der Waals surface area contributed by atoms with Gasteiger partial charge >= 0.3 is 12.0 Å². The van der Waals surface area contributed by atoms with E-state index in [0.717, 1.165) is 17.5 Å². The third-order valence-electron chi connectivity index (χ3n) is 7.04. The first-order valence-electron chi connectivity index (χ1n) is 12.4. The highest BCUT2D eigenvalue weighted by molar-refractivity contribution is 6.00. The van der Waals surface area contributed by atoms with Gasteiger partial charge in [0.15, 0.2) is 5.78 Å². The second kappa shape index (κ2) is 12.1. The Morgan fingerprint density at radius 3 is 2.32 bits per heavy atom. The molecule has 0 bridgehead atoms. The second-order valence-electron chi connectivity index (χ2n) is 9.34. The maximum atomic E-state index is 13.5. The lowest BCUT2D eigenvalue weighted by atomic mass is 9.77. The molecule has 1 aliphatic carbocycles. The van der Waals surface area contributed by atoms with Crippen molar-refractivity contribution in [2.24, 2.45) is 0 Å². The molecule has 37 heavy (non-hydrogen) atoms. The number of benzene rings is 2. The predicted octanol–water partition coefficient (Wildman–Crippen LogP) is 4.51. The summed E-state index contributed by atoms with van der Waals surface area (Å²) in [7, 11) is 2.96. The predicted molar refractivity (Wildman–Crippen MR) is 138 cm³/mol. The van der Waals surface area contributed by atoms with Gasteiger partial charge in [0.25, 0.3) is 0 Å². The van der Waals surface area contributed by atoms with Crippen LogP contribution < -0.4 is 14.8 Å². The molecule has 2 aromatic carbocycles. The lowest BCUT2D eigenvalue weighted by molar-refractivity contribution is -0.148. The van der Waals surface area contributed by atoms with Gasteiger partial charge < -0.3 is 29.5 Å². The maximum absolute atomic E-state index is 13.5. The largest absolute Gasteiger partial charge is 0.496 e. The number of carbonyl (C=O) groups excluding carboxylic acids is 2. The van der Waals surface area contributed by atoms with E-state index >= 15 is 0 Å². The molecule has 3 rings (SSSR count). The van der Waals surface area contributed by atoms with Crippen LogP contribution in [-0.4, -0.2) is 60.7 Å². The minimum absolute atomic E-state index is 0.201. The number of carboxylic acids is 1. The van der Waals surface area contributed by atoms with Gasteiger partial charge in [0.2, 0.25) is 0 Å². The summed E-state index contributed by atoms with van der Waals surface area (Å²) < 4.78 is 16.9. The molecule has 0 saturated heterocycles. The van der Waals surface area contributed by atoms with Gasteiger partial charge in [0.05, 0.1) is 33.5 Å². The number of ether oxygens (including phenoxy) is 3. The molecule has 0 aromatic heterocycles. The SMILES string of the molecule is COc1cc(C(C)N(CCOCc2ccccc2)C(=O)NC2(C(=O)O)CCC2)c(C)c(OC)c1C(C)=O. The molecule has 0 heterocycles. The zero-order valence-corrected chi connectivity index (χ0v) is 22.1.